The number of nitrogens with one attached hydrogen (secondary N) is 1. The third-order valence-electron chi connectivity index (χ3n) is 4.25. The number of rotatable bonds is 5. The Labute approximate surface area is 122 Å². The molecule has 1 aliphatic rings. The Morgan fingerprint density at radius 3 is 2.71 bits per heavy atom. The highest BCUT2D eigenvalue weighted by molar-refractivity contribution is 5.85. The highest BCUT2D eigenvalue weighted by Gasteiger charge is 2.50. The second kappa shape index (κ2) is 4.91. The van der Waals surface area contributed by atoms with Crippen molar-refractivity contribution in [1.82, 2.24) is 9.88 Å². The van der Waals surface area contributed by atoms with Crippen LogP contribution < -0.4 is 5.32 Å². The normalized spacial score (nSPS) is 15.9. The quantitative estimate of drug-likeness (QED) is 0.882. The van der Waals surface area contributed by atoms with Crippen LogP contribution in [0.4, 0.5) is 0 Å². The zero-order valence-electron chi connectivity index (χ0n) is 11.9. The number of fused-ring (bicyclic) bond motifs is 1. The zero-order chi connectivity index (χ0) is 15.0. The summed E-state index contributed by atoms with van der Waals surface area (Å²) in [5, 5.41) is 13.0. The van der Waals surface area contributed by atoms with Gasteiger partial charge in [-0.15, -0.1) is 0 Å². The average molecular weight is 286 g/mol. The summed E-state index contributed by atoms with van der Waals surface area (Å²) in [6.45, 7) is 2.40. The molecule has 5 heteroatoms. The molecule has 1 fully saturated rings. The molecular weight excluding hydrogens is 268 g/mol. The maximum absolute atomic E-state index is 12.1. The highest BCUT2D eigenvalue weighted by atomic mass is 16.4. The van der Waals surface area contributed by atoms with Crippen LogP contribution in [-0.2, 0) is 16.1 Å². The van der Waals surface area contributed by atoms with Crippen LogP contribution in [0.5, 0.6) is 0 Å². The van der Waals surface area contributed by atoms with Crippen LogP contribution in [0.15, 0.2) is 30.3 Å². The van der Waals surface area contributed by atoms with Gasteiger partial charge in [-0.1, -0.05) is 18.2 Å². The van der Waals surface area contributed by atoms with E-state index in [-0.39, 0.29) is 19.0 Å². The molecule has 1 aromatic carbocycles. The standard InChI is InChI=1S/C16H18N2O3/c1-11-8-12-4-2-3-5-13(12)18(11)9-14(19)17-10-16(6-7-16)15(20)21/h2-5,8H,6-7,9-10H2,1H3,(H,17,19)(H,20,21). The van der Waals surface area contributed by atoms with E-state index in [2.05, 4.69) is 5.32 Å². The summed E-state index contributed by atoms with van der Waals surface area (Å²) >= 11 is 0. The molecule has 0 saturated heterocycles. The lowest BCUT2D eigenvalue weighted by molar-refractivity contribution is -0.143. The van der Waals surface area contributed by atoms with E-state index in [1.807, 2.05) is 41.8 Å². The number of amides is 1. The first-order valence-electron chi connectivity index (χ1n) is 7.07. The number of aryl methyl sites for hydroxylation is 1. The molecule has 0 spiro atoms. The number of hydrogen-bond acceptors (Lipinski definition) is 2. The molecule has 21 heavy (non-hydrogen) atoms. The van der Waals surface area contributed by atoms with Crippen molar-refractivity contribution in [3.63, 3.8) is 0 Å². The van der Waals surface area contributed by atoms with Crippen molar-refractivity contribution in [2.45, 2.75) is 26.3 Å². The van der Waals surface area contributed by atoms with E-state index in [1.54, 1.807) is 0 Å². The molecule has 1 heterocycles. The number of hydrogen-bond donors (Lipinski definition) is 2. The van der Waals surface area contributed by atoms with Crippen LogP contribution in [0.25, 0.3) is 10.9 Å². The molecule has 0 radical (unpaired) electrons. The van der Waals surface area contributed by atoms with Crippen LogP contribution in [0.2, 0.25) is 0 Å². The summed E-state index contributed by atoms with van der Waals surface area (Å²) in [5.41, 5.74) is 1.32. The number of aromatic nitrogens is 1. The fourth-order valence-electron chi connectivity index (χ4n) is 2.64. The van der Waals surface area contributed by atoms with Crippen molar-refractivity contribution >= 4 is 22.8 Å². The maximum Gasteiger partial charge on any atom is 0.311 e. The second-order valence-corrected chi connectivity index (χ2v) is 5.79. The molecule has 2 N–H and O–H groups in total. The van der Waals surface area contributed by atoms with Gasteiger partial charge in [-0.05, 0) is 37.3 Å². The van der Waals surface area contributed by atoms with Crippen molar-refractivity contribution in [3.8, 4) is 0 Å². The van der Waals surface area contributed by atoms with Crippen molar-refractivity contribution in [2.75, 3.05) is 6.54 Å². The Morgan fingerprint density at radius 2 is 2.05 bits per heavy atom. The molecule has 1 saturated carbocycles. The molecule has 0 unspecified atom stereocenters. The highest BCUT2D eigenvalue weighted by Crippen LogP contribution is 2.45. The fraction of sp³-hybridized carbons (Fsp3) is 0.375. The monoisotopic (exact) mass is 286 g/mol. The number of aliphatic carboxylic acids is 1. The number of para-hydroxylation sites is 1. The Morgan fingerprint density at radius 1 is 1.33 bits per heavy atom. The van der Waals surface area contributed by atoms with Gasteiger partial charge in [-0.3, -0.25) is 9.59 Å². The summed E-state index contributed by atoms with van der Waals surface area (Å²) in [7, 11) is 0. The largest absolute Gasteiger partial charge is 0.481 e. The van der Waals surface area contributed by atoms with Gasteiger partial charge in [0.05, 0.1) is 5.41 Å². The minimum Gasteiger partial charge on any atom is -0.481 e. The van der Waals surface area contributed by atoms with Gasteiger partial charge in [-0.25, -0.2) is 0 Å². The number of carbonyl (C=O) groups excluding carboxylic acids is 1. The van der Waals surface area contributed by atoms with Gasteiger partial charge in [0.1, 0.15) is 6.54 Å². The number of carboxylic acids is 1. The molecule has 0 bridgehead atoms. The second-order valence-electron chi connectivity index (χ2n) is 5.79. The maximum atomic E-state index is 12.1. The molecule has 3 rings (SSSR count). The van der Waals surface area contributed by atoms with E-state index in [0.717, 1.165) is 16.6 Å². The van der Waals surface area contributed by atoms with E-state index >= 15 is 0 Å². The van der Waals surface area contributed by atoms with Gasteiger partial charge in [0.25, 0.3) is 0 Å². The first-order valence-corrected chi connectivity index (χ1v) is 7.07. The van der Waals surface area contributed by atoms with Gasteiger partial charge in [0, 0.05) is 17.8 Å². The lowest BCUT2D eigenvalue weighted by atomic mass is 10.1. The van der Waals surface area contributed by atoms with Crippen molar-refractivity contribution in [1.29, 1.82) is 0 Å². The van der Waals surface area contributed by atoms with Gasteiger partial charge in [-0.2, -0.15) is 0 Å². The smallest absolute Gasteiger partial charge is 0.311 e. The summed E-state index contributed by atoms with van der Waals surface area (Å²) in [4.78, 5) is 23.2. The topological polar surface area (TPSA) is 71.3 Å². The summed E-state index contributed by atoms with van der Waals surface area (Å²) in [5.74, 6) is -0.961. The summed E-state index contributed by atoms with van der Waals surface area (Å²) in [6.07, 6.45) is 1.29. The third-order valence-corrected chi connectivity index (χ3v) is 4.25. The Hall–Kier alpha value is -2.30. The van der Waals surface area contributed by atoms with Gasteiger partial charge in [0.2, 0.25) is 5.91 Å². The Bertz CT molecular complexity index is 713. The first kappa shape index (κ1) is 13.7. The molecule has 110 valence electrons. The molecule has 0 atom stereocenters. The minimum absolute atomic E-state index is 0.146. The van der Waals surface area contributed by atoms with Gasteiger partial charge >= 0.3 is 5.97 Å². The van der Waals surface area contributed by atoms with Gasteiger partial charge < -0.3 is 15.0 Å². The van der Waals surface area contributed by atoms with Crippen LogP contribution >= 0.6 is 0 Å². The summed E-state index contributed by atoms with van der Waals surface area (Å²) < 4.78 is 1.95. The molecule has 1 aromatic heterocycles. The molecular formula is C16H18N2O3. The SMILES string of the molecule is Cc1cc2ccccc2n1CC(=O)NCC1(C(=O)O)CC1. The molecule has 1 amide bonds. The van der Waals surface area contributed by atoms with Gasteiger partial charge in [0.15, 0.2) is 0 Å². The van der Waals surface area contributed by atoms with Crippen LogP contribution in [-0.4, -0.2) is 28.1 Å². The Balaban J connectivity index is 1.69. The third kappa shape index (κ3) is 2.51. The van der Waals surface area contributed by atoms with E-state index in [0.29, 0.717) is 12.8 Å². The summed E-state index contributed by atoms with van der Waals surface area (Å²) in [6, 6.07) is 9.95. The zero-order valence-corrected chi connectivity index (χ0v) is 11.9. The average Bonchev–Trinajstić information content (AvgIpc) is 3.19. The van der Waals surface area contributed by atoms with Crippen molar-refractivity contribution in [2.24, 2.45) is 5.41 Å². The number of carbonyl (C=O) groups is 2. The predicted molar refractivity (Wildman–Crippen MR) is 79.0 cm³/mol. The molecule has 0 aliphatic heterocycles. The van der Waals surface area contributed by atoms with Crippen molar-refractivity contribution < 1.29 is 14.7 Å². The molecule has 1 aliphatic carbocycles. The Kier molecular flexibility index (Phi) is 3.20. The van der Waals surface area contributed by atoms with E-state index in [4.69, 9.17) is 5.11 Å². The lowest BCUT2D eigenvalue weighted by Crippen LogP contribution is -2.36. The van der Waals surface area contributed by atoms with Crippen LogP contribution in [0.3, 0.4) is 0 Å². The van der Waals surface area contributed by atoms with Crippen LogP contribution in [0.1, 0.15) is 18.5 Å². The fourth-order valence-corrected chi connectivity index (χ4v) is 2.64. The molecule has 2 aromatic rings. The predicted octanol–water partition coefficient (Wildman–Crippen LogP) is 1.93. The lowest BCUT2D eigenvalue weighted by Gasteiger charge is -2.13. The molecule has 5 nitrogen and oxygen atoms in total. The number of benzene rings is 1. The van der Waals surface area contributed by atoms with Crippen molar-refractivity contribution in [3.05, 3.63) is 36.0 Å². The number of carboxylic acid groups (broad SMARTS) is 1. The van der Waals surface area contributed by atoms with Crippen LogP contribution in [0, 0.1) is 12.3 Å². The van der Waals surface area contributed by atoms with E-state index < -0.39 is 11.4 Å². The number of nitrogens with zero attached hydrogens (tertiary/aromatic N) is 1. The minimum atomic E-state index is -0.814. The van der Waals surface area contributed by atoms with E-state index in [1.165, 1.54) is 0 Å². The van der Waals surface area contributed by atoms with E-state index in [9.17, 15) is 9.59 Å². The first-order chi connectivity index (χ1) is 10.0.